The highest BCUT2D eigenvalue weighted by Gasteiger charge is 2.48. The Morgan fingerprint density at radius 2 is 1.88 bits per heavy atom. The number of sulfonamides is 1. The molecule has 1 heterocycles. The highest BCUT2D eigenvalue weighted by molar-refractivity contribution is 7.89. The molecule has 4 rings (SSSR count). The number of carbonyl (C=O) groups is 3. The van der Waals surface area contributed by atoms with E-state index < -0.39 is 33.4 Å². The summed E-state index contributed by atoms with van der Waals surface area (Å²) in [6.07, 6.45) is 2.38. The maximum absolute atomic E-state index is 12.9. The van der Waals surface area contributed by atoms with Gasteiger partial charge in [0.1, 0.15) is 10.4 Å². The average molecular weight is 491 g/mol. The van der Waals surface area contributed by atoms with Crippen LogP contribution in [0.25, 0.3) is 0 Å². The van der Waals surface area contributed by atoms with Crippen LogP contribution >= 0.6 is 11.6 Å². The van der Waals surface area contributed by atoms with Gasteiger partial charge in [-0.1, -0.05) is 41.9 Å². The second-order valence-electron chi connectivity index (χ2n) is 8.37. The molecular formula is C22H23ClN4O5S. The number of carbonyl (C=O) groups excluding carboxylic acids is 3. The van der Waals surface area contributed by atoms with E-state index in [1.165, 1.54) is 12.1 Å². The number of imide groups is 1. The zero-order chi connectivity index (χ0) is 23.8. The van der Waals surface area contributed by atoms with Crippen molar-refractivity contribution < 1.29 is 22.8 Å². The Kier molecular flexibility index (Phi) is 6.17. The molecule has 2 aromatic rings. The fourth-order valence-electron chi connectivity index (χ4n) is 3.50. The molecular weight excluding hydrogens is 468 g/mol. The molecule has 0 radical (unpaired) electrons. The molecule has 11 heteroatoms. The molecule has 1 atom stereocenters. The van der Waals surface area contributed by atoms with Gasteiger partial charge in [-0.3, -0.25) is 15.0 Å². The second kappa shape index (κ2) is 8.77. The molecule has 1 aliphatic heterocycles. The number of nitrogens with one attached hydrogen (secondary N) is 3. The van der Waals surface area contributed by atoms with Crippen molar-refractivity contribution in [2.24, 2.45) is 0 Å². The Morgan fingerprint density at radius 1 is 1.18 bits per heavy atom. The van der Waals surface area contributed by atoms with Gasteiger partial charge in [0.05, 0.1) is 5.02 Å². The van der Waals surface area contributed by atoms with Gasteiger partial charge in [-0.15, -0.1) is 0 Å². The summed E-state index contributed by atoms with van der Waals surface area (Å²) >= 11 is 6.05. The normalized spacial score (nSPS) is 20.6. The number of nitrogens with zero attached hydrogens (tertiary/aromatic N) is 1. The molecule has 1 saturated carbocycles. The van der Waals surface area contributed by atoms with Crippen molar-refractivity contribution in [3.63, 3.8) is 0 Å². The lowest BCUT2D eigenvalue weighted by molar-refractivity contribution is -0.132. The Balaban J connectivity index is 1.47. The number of halogens is 1. The third-order valence-corrected chi connectivity index (χ3v) is 7.62. The van der Waals surface area contributed by atoms with Crippen LogP contribution in [-0.4, -0.2) is 42.9 Å². The Hall–Kier alpha value is -2.95. The number of benzene rings is 2. The van der Waals surface area contributed by atoms with Gasteiger partial charge in [-0.2, -0.15) is 5.01 Å². The molecule has 2 fully saturated rings. The summed E-state index contributed by atoms with van der Waals surface area (Å²) in [6.45, 7) is 1.60. The summed E-state index contributed by atoms with van der Waals surface area (Å²) in [5, 5.41) is 3.21. The summed E-state index contributed by atoms with van der Waals surface area (Å²) in [7, 11) is -3.91. The summed E-state index contributed by atoms with van der Waals surface area (Å²) in [6, 6.07) is 12.3. The van der Waals surface area contributed by atoms with Crippen molar-refractivity contribution in [3.05, 3.63) is 64.7 Å². The maximum Gasteiger partial charge on any atom is 0.344 e. The van der Waals surface area contributed by atoms with Crippen LogP contribution < -0.4 is 15.5 Å². The van der Waals surface area contributed by atoms with Crippen molar-refractivity contribution in [2.45, 2.75) is 49.1 Å². The highest BCUT2D eigenvalue weighted by atomic mass is 35.5. The third kappa shape index (κ3) is 5.02. The van der Waals surface area contributed by atoms with Gasteiger partial charge in [0, 0.05) is 11.6 Å². The minimum absolute atomic E-state index is 0.0387. The van der Waals surface area contributed by atoms with Crippen LogP contribution in [0.15, 0.2) is 53.4 Å². The molecule has 9 nitrogen and oxygen atoms in total. The van der Waals surface area contributed by atoms with Gasteiger partial charge >= 0.3 is 6.03 Å². The van der Waals surface area contributed by atoms with E-state index in [1.807, 2.05) is 30.3 Å². The van der Waals surface area contributed by atoms with Gasteiger partial charge in [0.2, 0.25) is 10.0 Å². The first kappa shape index (κ1) is 23.2. The average Bonchev–Trinajstić information content (AvgIpc) is 3.56. The molecule has 3 N–H and O–H groups in total. The summed E-state index contributed by atoms with van der Waals surface area (Å²) in [5.74, 6) is -1.42. The van der Waals surface area contributed by atoms with Gasteiger partial charge < -0.3 is 5.32 Å². The largest absolute Gasteiger partial charge is 0.344 e. The number of amides is 4. The summed E-state index contributed by atoms with van der Waals surface area (Å²) in [4.78, 5) is 37.9. The van der Waals surface area contributed by atoms with E-state index in [0.717, 1.165) is 24.5 Å². The SMILES string of the molecule is C[C@]1(CCc2ccccc2)NC(=O)N(NC(=O)c2ccc(Cl)c(S(=O)(=O)NC3CC3)c2)C1=O. The predicted molar refractivity (Wildman–Crippen MR) is 121 cm³/mol. The van der Waals surface area contributed by atoms with Gasteiger partial charge in [0.25, 0.3) is 11.8 Å². The first-order chi connectivity index (χ1) is 15.6. The number of hydrogen-bond acceptors (Lipinski definition) is 5. The van der Waals surface area contributed by atoms with Crippen LogP contribution in [0.2, 0.25) is 5.02 Å². The minimum Gasteiger partial charge on any atom is -0.322 e. The molecule has 0 bridgehead atoms. The van der Waals surface area contributed by atoms with E-state index in [0.29, 0.717) is 17.9 Å². The number of hydrazine groups is 1. The number of hydrogen-bond donors (Lipinski definition) is 3. The van der Waals surface area contributed by atoms with Crippen LogP contribution in [-0.2, 0) is 21.2 Å². The van der Waals surface area contributed by atoms with E-state index in [-0.39, 0.29) is 21.5 Å². The fourth-order valence-corrected chi connectivity index (χ4v) is 5.33. The summed E-state index contributed by atoms with van der Waals surface area (Å²) < 4.78 is 27.6. The molecule has 1 saturated heterocycles. The molecule has 1 aliphatic carbocycles. The van der Waals surface area contributed by atoms with E-state index in [2.05, 4.69) is 15.5 Å². The first-order valence-corrected chi connectivity index (χ1v) is 12.3. The summed E-state index contributed by atoms with van der Waals surface area (Å²) in [5.41, 5.74) is 2.03. The van der Waals surface area contributed by atoms with Crippen molar-refractivity contribution >= 4 is 39.5 Å². The minimum atomic E-state index is -3.91. The van der Waals surface area contributed by atoms with Crippen molar-refractivity contribution in [3.8, 4) is 0 Å². The molecule has 0 unspecified atom stereocenters. The first-order valence-electron chi connectivity index (χ1n) is 10.4. The van der Waals surface area contributed by atoms with Crippen LogP contribution in [0, 0.1) is 0 Å². The smallest absolute Gasteiger partial charge is 0.322 e. The lowest BCUT2D eigenvalue weighted by Gasteiger charge is -2.21. The van der Waals surface area contributed by atoms with E-state index >= 15 is 0 Å². The number of aryl methyl sites for hydroxylation is 1. The fraction of sp³-hybridized carbons (Fsp3) is 0.318. The maximum atomic E-state index is 12.9. The number of urea groups is 1. The molecule has 2 aromatic carbocycles. The Labute approximate surface area is 196 Å². The molecule has 2 aliphatic rings. The predicted octanol–water partition coefficient (Wildman–Crippen LogP) is 2.37. The van der Waals surface area contributed by atoms with Crippen molar-refractivity contribution in [2.75, 3.05) is 0 Å². The monoisotopic (exact) mass is 490 g/mol. The standard InChI is InChI=1S/C22H23ClN4O5S/c1-22(12-11-14-5-3-2-4-6-14)20(29)27(21(30)24-22)25-19(28)15-7-10-17(23)18(13-15)33(31,32)26-16-8-9-16/h2-7,10,13,16,26H,8-9,11-12H2,1H3,(H,24,30)(H,25,28)/t22-/m1/s1. The van der Waals surface area contributed by atoms with E-state index in [9.17, 15) is 22.8 Å². The molecule has 0 aromatic heterocycles. The molecule has 4 amide bonds. The number of rotatable bonds is 8. The van der Waals surface area contributed by atoms with E-state index in [1.54, 1.807) is 6.92 Å². The van der Waals surface area contributed by atoms with Crippen molar-refractivity contribution in [1.82, 2.24) is 20.5 Å². The van der Waals surface area contributed by atoms with Crippen LogP contribution in [0.3, 0.4) is 0 Å². The van der Waals surface area contributed by atoms with Crippen LogP contribution in [0.5, 0.6) is 0 Å². The highest BCUT2D eigenvalue weighted by Crippen LogP contribution is 2.27. The topological polar surface area (TPSA) is 125 Å². The van der Waals surface area contributed by atoms with Crippen molar-refractivity contribution in [1.29, 1.82) is 0 Å². The van der Waals surface area contributed by atoms with E-state index in [4.69, 9.17) is 11.6 Å². The zero-order valence-electron chi connectivity index (χ0n) is 17.8. The lowest BCUT2D eigenvalue weighted by atomic mass is 9.93. The quantitative estimate of drug-likeness (QED) is 0.490. The Bertz CT molecular complexity index is 1220. The van der Waals surface area contributed by atoms with Gasteiger partial charge in [0.15, 0.2) is 0 Å². The van der Waals surface area contributed by atoms with Gasteiger partial charge in [-0.05, 0) is 56.4 Å². The second-order valence-corrected chi connectivity index (χ2v) is 10.5. The Morgan fingerprint density at radius 3 is 2.55 bits per heavy atom. The molecule has 33 heavy (non-hydrogen) atoms. The van der Waals surface area contributed by atoms with Crippen LogP contribution in [0.1, 0.15) is 42.1 Å². The third-order valence-electron chi connectivity index (χ3n) is 5.61. The van der Waals surface area contributed by atoms with Gasteiger partial charge in [-0.25, -0.2) is 17.9 Å². The zero-order valence-corrected chi connectivity index (χ0v) is 19.4. The van der Waals surface area contributed by atoms with Crippen LogP contribution in [0.4, 0.5) is 4.79 Å². The lowest BCUT2D eigenvalue weighted by Crippen LogP contribution is -2.49. The molecule has 174 valence electrons. The molecule has 0 spiro atoms.